The molecule has 0 spiro atoms. The highest BCUT2D eigenvalue weighted by atomic mass is 35.5. The van der Waals surface area contributed by atoms with Crippen LogP contribution in [0.2, 0.25) is 5.15 Å². The molecule has 0 saturated heterocycles. The number of rotatable bonds is 6. The zero-order valence-corrected chi connectivity index (χ0v) is 16.9. The molecular formula is C20H19ClFN5O2. The van der Waals surface area contributed by atoms with E-state index in [0.29, 0.717) is 33.3 Å². The lowest BCUT2D eigenvalue weighted by molar-refractivity contribution is -0.117. The van der Waals surface area contributed by atoms with E-state index in [-0.39, 0.29) is 30.4 Å². The molecular weight excluding hydrogens is 397 g/mol. The van der Waals surface area contributed by atoms with Crippen molar-refractivity contribution in [1.29, 1.82) is 0 Å². The molecule has 29 heavy (non-hydrogen) atoms. The first-order valence-corrected chi connectivity index (χ1v) is 9.44. The number of hydrogen-bond donors (Lipinski definition) is 0. The minimum absolute atomic E-state index is 0.0791. The van der Waals surface area contributed by atoms with Gasteiger partial charge in [-0.15, -0.1) is 0 Å². The van der Waals surface area contributed by atoms with Crippen LogP contribution in [0.4, 0.5) is 4.39 Å². The van der Waals surface area contributed by atoms with Gasteiger partial charge in [0.05, 0.1) is 17.5 Å². The van der Waals surface area contributed by atoms with Gasteiger partial charge >= 0.3 is 0 Å². The van der Waals surface area contributed by atoms with Crippen LogP contribution in [-0.2, 0) is 22.4 Å². The molecule has 0 aliphatic heterocycles. The van der Waals surface area contributed by atoms with Crippen molar-refractivity contribution in [2.24, 2.45) is 0 Å². The van der Waals surface area contributed by atoms with E-state index in [0.717, 1.165) is 0 Å². The summed E-state index contributed by atoms with van der Waals surface area (Å²) >= 11 is 6.01. The van der Waals surface area contributed by atoms with Crippen molar-refractivity contribution in [2.45, 2.75) is 32.8 Å². The van der Waals surface area contributed by atoms with Gasteiger partial charge in [-0.25, -0.2) is 18.9 Å². The van der Waals surface area contributed by atoms with E-state index in [4.69, 9.17) is 16.3 Å². The van der Waals surface area contributed by atoms with E-state index in [1.807, 2.05) is 6.92 Å². The summed E-state index contributed by atoms with van der Waals surface area (Å²) in [6.07, 6.45) is 4.98. The average Bonchev–Trinajstić information content (AvgIpc) is 3.22. The number of halogens is 2. The number of aryl methyl sites for hydroxylation is 1. The molecule has 9 heteroatoms. The molecule has 0 aromatic carbocycles. The Labute approximate surface area is 171 Å². The highest BCUT2D eigenvalue weighted by Gasteiger charge is 2.20. The number of carbonyl (C=O) groups excluding carboxylic acids is 1. The van der Waals surface area contributed by atoms with Gasteiger partial charge in [-0.1, -0.05) is 11.6 Å². The first-order chi connectivity index (χ1) is 13.9. The minimum atomic E-state index is -0.452. The van der Waals surface area contributed by atoms with Crippen molar-refractivity contribution in [3.63, 3.8) is 0 Å². The van der Waals surface area contributed by atoms with E-state index in [1.165, 1.54) is 6.07 Å². The van der Waals surface area contributed by atoms with Crippen LogP contribution in [0.15, 0.2) is 30.7 Å². The molecule has 0 fully saturated rings. The van der Waals surface area contributed by atoms with Crippen molar-refractivity contribution in [2.75, 3.05) is 7.11 Å². The summed E-state index contributed by atoms with van der Waals surface area (Å²) in [7, 11) is 1.58. The molecule has 4 aromatic heterocycles. The lowest BCUT2D eigenvalue weighted by atomic mass is 10.0. The summed E-state index contributed by atoms with van der Waals surface area (Å²) in [5, 5.41) is 4.56. The van der Waals surface area contributed by atoms with Crippen LogP contribution in [0.5, 0.6) is 0 Å². The first kappa shape index (κ1) is 19.5. The number of fused-ring (bicyclic) bond motifs is 2. The van der Waals surface area contributed by atoms with Gasteiger partial charge in [0.1, 0.15) is 5.78 Å². The van der Waals surface area contributed by atoms with Crippen LogP contribution in [0.1, 0.15) is 35.5 Å². The molecule has 7 nitrogen and oxygen atoms in total. The normalized spacial score (nSPS) is 12.7. The first-order valence-electron chi connectivity index (χ1n) is 9.07. The van der Waals surface area contributed by atoms with Gasteiger partial charge in [0.25, 0.3) is 0 Å². The average molecular weight is 416 g/mol. The summed E-state index contributed by atoms with van der Waals surface area (Å²) in [6, 6.07) is 3.00. The van der Waals surface area contributed by atoms with Crippen LogP contribution in [0.25, 0.3) is 11.3 Å². The van der Waals surface area contributed by atoms with Crippen molar-refractivity contribution < 1.29 is 13.9 Å². The summed E-state index contributed by atoms with van der Waals surface area (Å²) in [5.41, 5.74) is 3.52. The standard InChI is InChI=1S/C20H19ClFN5O2/c1-11-9-26-10-13(5-16(22)20(26)24-11)4-15(28)6-14-8-23-18-7-17(21)25-27(18)19(14)12(2)29-3/h5,7-10,12H,4,6H2,1-3H3/t12-/m0/s1. The summed E-state index contributed by atoms with van der Waals surface area (Å²) in [4.78, 5) is 21.2. The van der Waals surface area contributed by atoms with E-state index in [1.54, 1.807) is 47.6 Å². The van der Waals surface area contributed by atoms with Gasteiger partial charge in [0, 0.05) is 50.2 Å². The van der Waals surface area contributed by atoms with E-state index >= 15 is 0 Å². The van der Waals surface area contributed by atoms with Crippen molar-refractivity contribution in [3.8, 4) is 0 Å². The number of Topliss-reactive ketones (excluding diaryl/α,β-unsaturated/α-hetero) is 1. The topological polar surface area (TPSA) is 73.8 Å². The lowest BCUT2D eigenvalue weighted by Gasteiger charge is -2.16. The van der Waals surface area contributed by atoms with Gasteiger partial charge in [-0.05, 0) is 25.5 Å². The summed E-state index contributed by atoms with van der Waals surface area (Å²) < 4.78 is 22.9. The molecule has 0 radical (unpaired) electrons. The van der Waals surface area contributed by atoms with Gasteiger partial charge < -0.3 is 9.14 Å². The molecule has 0 bridgehead atoms. The van der Waals surface area contributed by atoms with Crippen molar-refractivity contribution in [3.05, 3.63) is 64.2 Å². The number of hydrogen-bond acceptors (Lipinski definition) is 5. The number of pyridine rings is 1. The third-order valence-electron chi connectivity index (χ3n) is 4.78. The highest BCUT2D eigenvalue weighted by Crippen LogP contribution is 2.24. The van der Waals surface area contributed by atoms with E-state index in [2.05, 4.69) is 15.1 Å². The second kappa shape index (κ2) is 7.53. The number of nitrogens with zero attached hydrogens (tertiary/aromatic N) is 5. The fraction of sp³-hybridized carbons (Fsp3) is 0.300. The SMILES string of the molecule is CO[C@@H](C)c1c(CC(=O)Cc2cc(F)c3nc(C)cn3c2)cnc2cc(Cl)nn12. The number of aromatic nitrogens is 5. The van der Waals surface area contributed by atoms with Crippen LogP contribution >= 0.6 is 11.6 Å². The minimum Gasteiger partial charge on any atom is -0.375 e. The second-order valence-electron chi connectivity index (χ2n) is 6.99. The Morgan fingerprint density at radius 1 is 1.31 bits per heavy atom. The molecule has 0 N–H and O–H groups in total. The van der Waals surface area contributed by atoms with Gasteiger partial charge in [-0.3, -0.25) is 4.79 Å². The van der Waals surface area contributed by atoms with Crippen LogP contribution in [-0.4, -0.2) is 36.9 Å². The molecule has 150 valence electrons. The molecule has 0 aliphatic rings. The van der Waals surface area contributed by atoms with Gasteiger partial charge in [0.15, 0.2) is 22.3 Å². The zero-order valence-electron chi connectivity index (χ0n) is 16.2. The molecule has 0 saturated carbocycles. The van der Waals surface area contributed by atoms with Gasteiger partial charge in [-0.2, -0.15) is 5.10 Å². The van der Waals surface area contributed by atoms with Gasteiger partial charge in [0.2, 0.25) is 0 Å². The third kappa shape index (κ3) is 3.73. The fourth-order valence-electron chi connectivity index (χ4n) is 3.47. The molecule has 0 aliphatic carbocycles. The Kier molecular flexibility index (Phi) is 5.06. The Hall–Kier alpha value is -2.84. The fourth-order valence-corrected chi connectivity index (χ4v) is 3.65. The predicted octanol–water partition coefficient (Wildman–Crippen LogP) is 3.54. The number of ketones is 1. The maximum absolute atomic E-state index is 14.3. The maximum atomic E-state index is 14.3. The zero-order chi connectivity index (χ0) is 20.7. The quantitative estimate of drug-likeness (QED) is 0.481. The van der Waals surface area contributed by atoms with Crippen LogP contribution in [0.3, 0.4) is 0 Å². The number of ether oxygens (including phenoxy) is 1. The number of imidazole rings is 1. The molecule has 4 aromatic rings. The molecule has 4 heterocycles. The molecule has 1 atom stereocenters. The van der Waals surface area contributed by atoms with E-state index < -0.39 is 5.82 Å². The van der Waals surface area contributed by atoms with Crippen molar-refractivity contribution in [1.82, 2.24) is 24.0 Å². The van der Waals surface area contributed by atoms with Crippen LogP contribution < -0.4 is 0 Å². The Balaban J connectivity index is 1.64. The molecule has 4 rings (SSSR count). The Morgan fingerprint density at radius 2 is 2.10 bits per heavy atom. The van der Waals surface area contributed by atoms with E-state index in [9.17, 15) is 9.18 Å². The number of carbonyl (C=O) groups is 1. The predicted molar refractivity (Wildman–Crippen MR) is 106 cm³/mol. The number of methoxy groups -OCH3 is 1. The van der Waals surface area contributed by atoms with Crippen molar-refractivity contribution >= 4 is 28.7 Å². The molecule has 0 amide bonds. The second-order valence-corrected chi connectivity index (χ2v) is 7.37. The smallest absolute Gasteiger partial charge is 0.173 e. The van der Waals surface area contributed by atoms with Crippen LogP contribution in [0, 0.1) is 12.7 Å². The summed E-state index contributed by atoms with van der Waals surface area (Å²) in [6.45, 7) is 3.66. The monoisotopic (exact) mass is 415 g/mol. The molecule has 0 unspecified atom stereocenters. The maximum Gasteiger partial charge on any atom is 0.173 e. The highest BCUT2D eigenvalue weighted by molar-refractivity contribution is 6.29. The lowest BCUT2D eigenvalue weighted by Crippen LogP contribution is -2.15. The Morgan fingerprint density at radius 3 is 2.86 bits per heavy atom. The Bertz CT molecular complexity index is 1230. The largest absolute Gasteiger partial charge is 0.375 e. The summed E-state index contributed by atoms with van der Waals surface area (Å²) in [5.74, 6) is -0.532. The third-order valence-corrected chi connectivity index (χ3v) is 4.97.